The molecule has 22 aliphatic rings. The maximum atomic E-state index is 11.6. The fourth-order valence-electron chi connectivity index (χ4n) is 18.8. The monoisotopic (exact) mass is 1520 g/mol. The number of hydrogen-bond acceptors (Lipinski definition) is 17. The Hall–Kier alpha value is -4.28. The van der Waals surface area contributed by atoms with Crippen molar-refractivity contribution in [3.8, 4) is 0 Å². The van der Waals surface area contributed by atoms with E-state index in [1.165, 1.54) is 122 Å². The Morgan fingerprint density at radius 1 is 0.327 bits per heavy atom. The van der Waals surface area contributed by atoms with E-state index in [9.17, 15) is 38.4 Å². The Balaban J connectivity index is 0.000000398. The van der Waals surface area contributed by atoms with Crippen molar-refractivity contribution in [3.63, 3.8) is 0 Å². The van der Waals surface area contributed by atoms with Crippen LogP contribution in [-0.2, 0) is 81.0 Å². The van der Waals surface area contributed by atoms with E-state index in [2.05, 4.69) is 41.5 Å². The Labute approximate surface area is 653 Å². The molecule has 12 saturated heterocycles. The lowest BCUT2D eigenvalue weighted by Gasteiger charge is -2.35. The van der Waals surface area contributed by atoms with Crippen molar-refractivity contribution in [2.45, 2.75) is 419 Å². The maximum absolute atomic E-state index is 11.6. The predicted octanol–water partition coefficient (Wildman–Crippen LogP) is 22.2. The second-order valence-corrected chi connectivity index (χ2v) is 31.0. The molecule has 12 bridgehead atoms. The van der Waals surface area contributed by atoms with Crippen LogP contribution in [0.25, 0.3) is 0 Å². The van der Waals surface area contributed by atoms with Crippen LogP contribution in [0.1, 0.15) is 382 Å². The Bertz CT molecular complexity index is 2350. The quantitative estimate of drug-likeness (QED) is 0.189. The van der Waals surface area contributed by atoms with E-state index in [-0.39, 0.29) is 101 Å². The molecule has 15 atom stereocenters. The van der Waals surface area contributed by atoms with Gasteiger partial charge < -0.3 is 42.6 Å². The van der Waals surface area contributed by atoms with Gasteiger partial charge in [0.15, 0.2) is 0 Å². The van der Waals surface area contributed by atoms with Crippen LogP contribution >= 0.6 is 0 Å². The van der Waals surface area contributed by atoms with Gasteiger partial charge in [-0.2, -0.15) is 0 Å². The number of fused-ring (bicyclic) bond motifs is 11. The van der Waals surface area contributed by atoms with E-state index in [4.69, 9.17) is 42.6 Å². The van der Waals surface area contributed by atoms with E-state index >= 15 is 0 Å². The highest BCUT2D eigenvalue weighted by Crippen LogP contribution is 2.60. The molecule has 10 saturated carbocycles. The van der Waals surface area contributed by atoms with E-state index in [0.717, 1.165) is 139 Å². The largest absolute Gasteiger partial charge is 0.465 e. The molecular weight excluding hydrogens is 1350 g/mol. The SMILES string of the molecule is CC.CC.CC.CC.CC.CC.CC.CCCC.CCCC.CCCC.O=C1CC2CCCC2O1.O=C1CC2OCCC2O1.O=C1OC2CC3CC(C2)CC1C3.O=C1OC2CC3CC2CC13.O=C1OC2CCC1CC2.O=C1OCC2CCCC12.O=C1OCCC12CC1CCC2C1.O=C1OCCC12CCCCC2. The molecule has 17 nitrogen and oxygen atoms in total. The average Bonchev–Trinajstić information content (AvgIpc) is 1.53. The maximum Gasteiger partial charge on any atom is 0.312 e. The molecule has 0 aromatic carbocycles. The Kier molecular flexibility index (Phi) is 51.0. The molecule has 12 aliphatic heterocycles. The second-order valence-electron chi connectivity index (χ2n) is 31.0. The minimum Gasteiger partial charge on any atom is -0.465 e. The molecule has 2 spiro atoms. The number of rotatable bonds is 3. The lowest BCUT2D eigenvalue weighted by Crippen LogP contribution is -2.39. The third-order valence-corrected chi connectivity index (χ3v) is 24.6. The van der Waals surface area contributed by atoms with E-state index in [1.54, 1.807) is 0 Å². The summed E-state index contributed by atoms with van der Waals surface area (Å²) < 4.78 is 45.8. The summed E-state index contributed by atoms with van der Waals surface area (Å²) in [6.07, 6.45) is 45.1. The number of carbonyl (C=O) groups is 8. The first-order valence-electron chi connectivity index (χ1n) is 45.1. The Morgan fingerprint density at radius 3 is 1.33 bits per heavy atom. The van der Waals surface area contributed by atoms with E-state index < -0.39 is 0 Å². The number of carbonyl (C=O) groups excluding carboxylic acids is 8. The third kappa shape index (κ3) is 30.0. The molecular formula is C90H162O17. The minimum absolute atomic E-state index is 0.00289. The number of unbranched alkanes of at least 4 members (excludes halogenated alkanes) is 3. The zero-order chi connectivity index (χ0) is 80.1. The number of esters is 8. The summed E-state index contributed by atoms with van der Waals surface area (Å²) in [4.78, 5) is 88.3. The minimum atomic E-state index is -0.107. The van der Waals surface area contributed by atoms with Crippen LogP contribution in [0.15, 0.2) is 0 Å². The molecule has 17 heteroatoms. The summed E-state index contributed by atoms with van der Waals surface area (Å²) in [5, 5.41) is 0. The van der Waals surface area contributed by atoms with Crippen LogP contribution in [0, 0.1) is 81.8 Å². The summed E-state index contributed by atoms with van der Waals surface area (Å²) in [5.74, 6) is 7.27. The average molecular weight is 1520 g/mol. The van der Waals surface area contributed by atoms with Gasteiger partial charge in [0.25, 0.3) is 0 Å². The zero-order valence-electron chi connectivity index (χ0n) is 72.0. The van der Waals surface area contributed by atoms with Crippen molar-refractivity contribution in [1.29, 1.82) is 0 Å². The van der Waals surface area contributed by atoms with Crippen LogP contribution in [-0.4, -0.2) is 111 Å². The summed E-state index contributed by atoms with van der Waals surface area (Å²) in [5.41, 5.74) is -0.0266. The molecule has 22 fully saturated rings. The molecule has 0 aromatic heterocycles. The molecule has 15 unspecified atom stereocenters. The molecule has 0 amide bonds. The van der Waals surface area contributed by atoms with Gasteiger partial charge in [-0.3, -0.25) is 38.4 Å². The standard InChI is InChI=1S/2C10H14O2.C9H14O2.C8H10O2.3C7H10O2.C6H8O3.3C4H10.7C2H6/c11-10-8-2-6-1-7(3-8)5-9(4-6)12-10;11-9-10(3-4-12-9)6-7-1-2-8(10)5-7;10-8-9(6-7-11-8)4-2-1-3-5-9;9-8-6-2-5-1-4(6)3-7(5)10-8;8-7-5-1-3-6(9-7)4-2-5;8-7-6-3-1-2-5(6)4-9-7;8-7-4-5-2-1-3-6(5)9-7;7-6-3-5-4(9-6)1-2-8-5;3*1-3-4-2;7*1-2/h6-9H,1-5H2;7-8H,1-6H2;1-7H2;4-7H,1-3H2;3*5-6H,1-4H2;4-5H,1-3H2;3*3-4H2,1-2H3;7*1-2H3. The van der Waals surface area contributed by atoms with E-state index in [0.29, 0.717) is 74.5 Å². The van der Waals surface area contributed by atoms with Crippen LogP contribution in [0.3, 0.4) is 0 Å². The van der Waals surface area contributed by atoms with Gasteiger partial charge in [-0.25, -0.2) is 0 Å². The van der Waals surface area contributed by atoms with Crippen LogP contribution in [0.2, 0.25) is 0 Å². The summed E-state index contributed by atoms with van der Waals surface area (Å²) in [6.45, 7) is 43.9. The first-order chi connectivity index (χ1) is 52.0. The predicted molar refractivity (Wildman–Crippen MR) is 428 cm³/mol. The van der Waals surface area contributed by atoms with Crippen LogP contribution < -0.4 is 0 Å². The van der Waals surface area contributed by atoms with Gasteiger partial charge in [0, 0.05) is 18.3 Å². The van der Waals surface area contributed by atoms with Crippen molar-refractivity contribution >= 4 is 47.8 Å². The highest BCUT2D eigenvalue weighted by Gasteiger charge is 2.59. The van der Waals surface area contributed by atoms with Gasteiger partial charge in [-0.15, -0.1) is 0 Å². The first kappa shape index (κ1) is 98.8. The lowest BCUT2D eigenvalue weighted by molar-refractivity contribution is -0.170. The topological polar surface area (TPSA) is 220 Å². The number of hydrogen-bond donors (Lipinski definition) is 0. The molecule has 22 rings (SSSR count). The summed E-state index contributed by atoms with van der Waals surface area (Å²) in [7, 11) is 0. The Morgan fingerprint density at radius 2 is 0.879 bits per heavy atom. The van der Waals surface area contributed by atoms with Gasteiger partial charge in [-0.05, 0) is 190 Å². The van der Waals surface area contributed by atoms with Gasteiger partial charge in [0.05, 0.1) is 73.8 Å². The summed E-state index contributed by atoms with van der Waals surface area (Å²) >= 11 is 0. The van der Waals surface area contributed by atoms with Gasteiger partial charge in [-0.1, -0.05) is 209 Å². The van der Waals surface area contributed by atoms with E-state index in [1.807, 2.05) is 96.9 Å². The second kappa shape index (κ2) is 55.2. The van der Waals surface area contributed by atoms with Crippen molar-refractivity contribution in [1.82, 2.24) is 0 Å². The van der Waals surface area contributed by atoms with Gasteiger partial charge in [0.2, 0.25) is 0 Å². The molecule has 10 aliphatic carbocycles. The van der Waals surface area contributed by atoms with Gasteiger partial charge >= 0.3 is 47.8 Å². The molecule has 12 heterocycles. The van der Waals surface area contributed by atoms with Crippen molar-refractivity contribution in [2.75, 3.05) is 26.4 Å². The number of cyclic esters (lactones) is 3. The molecule has 0 aromatic rings. The fraction of sp³-hybridized carbons (Fsp3) is 0.911. The zero-order valence-corrected chi connectivity index (χ0v) is 72.0. The molecule has 624 valence electrons. The fourth-order valence-corrected chi connectivity index (χ4v) is 18.8. The molecule has 0 radical (unpaired) electrons. The van der Waals surface area contributed by atoms with Gasteiger partial charge in [0.1, 0.15) is 36.6 Å². The van der Waals surface area contributed by atoms with Crippen LogP contribution in [0.5, 0.6) is 0 Å². The van der Waals surface area contributed by atoms with Crippen molar-refractivity contribution < 1.29 is 81.0 Å². The lowest BCUT2D eigenvalue weighted by atomic mass is 9.68. The summed E-state index contributed by atoms with van der Waals surface area (Å²) in [6, 6.07) is 0. The normalized spacial score (nSPS) is 34.4. The molecule has 0 N–H and O–H groups in total. The highest BCUT2D eigenvalue weighted by atomic mass is 16.6. The van der Waals surface area contributed by atoms with Crippen LogP contribution in [0.4, 0.5) is 0 Å². The first-order valence-corrected chi connectivity index (χ1v) is 45.1. The van der Waals surface area contributed by atoms with Crippen molar-refractivity contribution in [2.24, 2.45) is 81.8 Å². The smallest absolute Gasteiger partial charge is 0.312 e. The third-order valence-electron chi connectivity index (χ3n) is 24.6. The molecule has 107 heavy (non-hydrogen) atoms. The highest BCUT2D eigenvalue weighted by molar-refractivity contribution is 5.80. The number of ether oxygens (including phenoxy) is 9. The van der Waals surface area contributed by atoms with Crippen molar-refractivity contribution in [3.05, 3.63) is 0 Å².